The molecule has 1 nitrogen and oxygen atoms in total. The number of para-hydroxylation sites is 1. The summed E-state index contributed by atoms with van der Waals surface area (Å²) in [5.74, 6) is -0.180. The maximum absolute atomic E-state index is 13.4. The van der Waals surface area contributed by atoms with Gasteiger partial charge in [0, 0.05) is 16.2 Å². The summed E-state index contributed by atoms with van der Waals surface area (Å²) in [7, 11) is 0. The van der Waals surface area contributed by atoms with Gasteiger partial charge in [0.2, 0.25) is 0 Å². The third-order valence-electron chi connectivity index (χ3n) is 3.54. The highest BCUT2D eigenvalue weighted by atomic mass is 79.9. The molecule has 0 spiro atoms. The molecule has 2 aromatic rings. The van der Waals surface area contributed by atoms with Crippen LogP contribution in [0.25, 0.3) is 0 Å². The van der Waals surface area contributed by atoms with Crippen LogP contribution in [0.1, 0.15) is 17.5 Å². The molecule has 19 heavy (non-hydrogen) atoms. The molecule has 1 heterocycles. The van der Waals surface area contributed by atoms with Crippen molar-refractivity contribution in [2.75, 3.05) is 5.32 Å². The summed E-state index contributed by atoms with van der Waals surface area (Å²) < 4.78 is 14.2. The molecule has 1 N–H and O–H groups in total. The van der Waals surface area contributed by atoms with E-state index in [1.165, 1.54) is 17.3 Å². The lowest BCUT2D eigenvalue weighted by molar-refractivity contribution is 0.608. The van der Waals surface area contributed by atoms with E-state index in [1.54, 1.807) is 6.07 Å². The first kappa shape index (κ1) is 12.7. The van der Waals surface area contributed by atoms with Gasteiger partial charge in [-0.25, -0.2) is 4.39 Å². The van der Waals surface area contributed by atoms with Crippen molar-refractivity contribution in [3.8, 4) is 0 Å². The second-order valence-electron chi connectivity index (χ2n) is 5.02. The molecule has 0 bridgehead atoms. The number of nitrogens with one attached hydrogen (secondary N) is 1. The van der Waals surface area contributed by atoms with Gasteiger partial charge < -0.3 is 5.32 Å². The normalized spacial score (nSPS) is 17.7. The molecule has 98 valence electrons. The van der Waals surface area contributed by atoms with Crippen LogP contribution in [0.5, 0.6) is 0 Å². The first-order chi connectivity index (χ1) is 9.20. The Morgan fingerprint density at radius 1 is 1.21 bits per heavy atom. The van der Waals surface area contributed by atoms with Gasteiger partial charge in [0.1, 0.15) is 5.82 Å². The number of benzene rings is 2. The number of anilines is 1. The molecule has 0 aromatic heterocycles. The zero-order chi connectivity index (χ0) is 13.2. The van der Waals surface area contributed by atoms with Gasteiger partial charge in [-0.3, -0.25) is 0 Å². The third kappa shape index (κ3) is 2.98. The first-order valence-corrected chi connectivity index (χ1v) is 7.29. The van der Waals surface area contributed by atoms with Crippen molar-refractivity contribution in [1.82, 2.24) is 0 Å². The van der Waals surface area contributed by atoms with Crippen molar-refractivity contribution in [3.63, 3.8) is 0 Å². The van der Waals surface area contributed by atoms with Crippen LogP contribution in [-0.4, -0.2) is 6.04 Å². The van der Waals surface area contributed by atoms with Crippen LogP contribution in [0.15, 0.2) is 46.9 Å². The average molecular weight is 320 g/mol. The molecule has 0 amide bonds. The molecule has 3 rings (SSSR count). The van der Waals surface area contributed by atoms with Crippen molar-refractivity contribution in [2.45, 2.75) is 25.3 Å². The number of hydrogen-bond donors (Lipinski definition) is 1. The second kappa shape index (κ2) is 5.33. The van der Waals surface area contributed by atoms with E-state index in [0.29, 0.717) is 6.04 Å². The van der Waals surface area contributed by atoms with Gasteiger partial charge in [0.25, 0.3) is 0 Å². The number of aryl methyl sites for hydroxylation is 1. The van der Waals surface area contributed by atoms with E-state index >= 15 is 0 Å². The quantitative estimate of drug-likeness (QED) is 0.855. The van der Waals surface area contributed by atoms with Gasteiger partial charge in [-0.1, -0.05) is 34.1 Å². The Kier molecular flexibility index (Phi) is 3.56. The Balaban J connectivity index is 1.75. The van der Waals surface area contributed by atoms with E-state index in [2.05, 4.69) is 39.4 Å². The SMILES string of the molecule is Fc1cc(Br)cc(CC2CCc3ccccc3N2)c1. The summed E-state index contributed by atoms with van der Waals surface area (Å²) in [6, 6.07) is 13.9. The van der Waals surface area contributed by atoms with Crippen molar-refractivity contribution >= 4 is 21.6 Å². The van der Waals surface area contributed by atoms with E-state index in [1.807, 2.05) is 12.1 Å². The van der Waals surface area contributed by atoms with Gasteiger partial charge in [-0.15, -0.1) is 0 Å². The molecule has 1 aliphatic rings. The van der Waals surface area contributed by atoms with E-state index in [9.17, 15) is 4.39 Å². The van der Waals surface area contributed by atoms with Gasteiger partial charge in [0.15, 0.2) is 0 Å². The lowest BCUT2D eigenvalue weighted by atomic mass is 9.94. The van der Waals surface area contributed by atoms with E-state index < -0.39 is 0 Å². The van der Waals surface area contributed by atoms with Crippen molar-refractivity contribution < 1.29 is 4.39 Å². The Bertz CT molecular complexity index is 577. The largest absolute Gasteiger partial charge is 0.382 e. The molecule has 2 aromatic carbocycles. The maximum Gasteiger partial charge on any atom is 0.124 e. The molecule has 3 heteroatoms. The topological polar surface area (TPSA) is 12.0 Å². The smallest absolute Gasteiger partial charge is 0.124 e. The zero-order valence-corrected chi connectivity index (χ0v) is 12.1. The Labute approximate surface area is 121 Å². The fourth-order valence-electron chi connectivity index (χ4n) is 2.67. The summed E-state index contributed by atoms with van der Waals surface area (Å²) in [5.41, 5.74) is 3.62. The minimum Gasteiger partial charge on any atom is -0.382 e. The van der Waals surface area contributed by atoms with E-state index in [0.717, 1.165) is 29.3 Å². The van der Waals surface area contributed by atoms with Crippen LogP contribution < -0.4 is 5.32 Å². The highest BCUT2D eigenvalue weighted by molar-refractivity contribution is 9.10. The lowest BCUT2D eigenvalue weighted by Crippen LogP contribution is -2.27. The standard InChI is InChI=1S/C16H15BrFN/c17-13-7-11(8-14(18)10-13)9-15-6-5-12-3-1-2-4-16(12)19-15/h1-4,7-8,10,15,19H,5-6,9H2. The van der Waals surface area contributed by atoms with Gasteiger partial charge in [-0.2, -0.15) is 0 Å². The van der Waals surface area contributed by atoms with Gasteiger partial charge >= 0.3 is 0 Å². The number of halogens is 2. The zero-order valence-electron chi connectivity index (χ0n) is 10.5. The predicted octanol–water partition coefficient (Wildman–Crippen LogP) is 4.56. The number of hydrogen-bond acceptors (Lipinski definition) is 1. The minimum atomic E-state index is -0.180. The predicted molar refractivity (Wildman–Crippen MR) is 80.0 cm³/mol. The molecule has 0 saturated carbocycles. The van der Waals surface area contributed by atoms with Gasteiger partial charge in [-0.05, 0) is 54.7 Å². The molecular weight excluding hydrogens is 305 g/mol. The van der Waals surface area contributed by atoms with Crippen LogP contribution in [0.2, 0.25) is 0 Å². The number of fused-ring (bicyclic) bond motifs is 1. The van der Waals surface area contributed by atoms with Crippen LogP contribution >= 0.6 is 15.9 Å². The summed E-state index contributed by atoms with van der Waals surface area (Å²) in [6.45, 7) is 0. The van der Waals surface area contributed by atoms with Crippen molar-refractivity contribution in [1.29, 1.82) is 0 Å². The van der Waals surface area contributed by atoms with Crippen LogP contribution in [0.3, 0.4) is 0 Å². The lowest BCUT2D eigenvalue weighted by Gasteiger charge is -2.27. The Morgan fingerprint density at radius 3 is 2.89 bits per heavy atom. The van der Waals surface area contributed by atoms with E-state index in [-0.39, 0.29) is 5.82 Å². The number of rotatable bonds is 2. The summed E-state index contributed by atoms with van der Waals surface area (Å²) in [4.78, 5) is 0. The Morgan fingerprint density at radius 2 is 2.05 bits per heavy atom. The summed E-state index contributed by atoms with van der Waals surface area (Å²) in [5, 5.41) is 3.55. The molecule has 1 aliphatic heterocycles. The van der Waals surface area contributed by atoms with Crippen molar-refractivity contribution in [3.05, 3.63) is 63.9 Å². The second-order valence-corrected chi connectivity index (χ2v) is 5.93. The molecule has 1 unspecified atom stereocenters. The first-order valence-electron chi connectivity index (χ1n) is 6.50. The van der Waals surface area contributed by atoms with Crippen LogP contribution in [0, 0.1) is 5.82 Å². The average Bonchev–Trinajstić information content (AvgIpc) is 2.37. The van der Waals surface area contributed by atoms with Gasteiger partial charge in [0.05, 0.1) is 0 Å². The van der Waals surface area contributed by atoms with Crippen LogP contribution in [-0.2, 0) is 12.8 Å². The summed E-state index contributed by atoms with van der Waals surface area (Å²) >= 11 is 3.34. The molecule has 1 atom stereocenters. The maximum atomic E-state index is 13.4. The molecule has 0 radical (unpaired) electrons. The van der Waals surface area contributed by atoms with Crippen LogP contribution in [0.4, 0.5) is 10.1 Å². The fraction of sp³-hybridized carbons (Fsp3) is 0.250. The van der Waals surface area contributed by atoms with E-state index in [4.69, 9.17) is 0 Å². The molecule has 0 saturated heterocycles. The Hall–Kier alpha value is -1.35. The highest BCUT2D eigenvalue weighted by Gasteiger charge is 2.17. The monoisotopic (exact) mass is 319 g/mol. The highest BCUT2D eigenvalue weighted by Crippen LogP contribution is 2.26. The minimum absolute atomic E-state index is 0.180. The third-order valence-corrected chi connectivity index (χ3v) is 4.00. The molecule has 0 aliphatic carbocycles. The fourth-order valence-corrected chi connectivity index (χ4v) is 3.18. The summed E-state index contributed by atoms with van der Waals surface area (Å²) in [6.07, 6.45) is 3.03. The van der Waals surface area contributed by atoms with Crippen molar-refractivity contribution in [2.24, 2.45) is 0 Å². The molecule has 0 fully saturated rings. The molecular formula is C16H15BrFN.